The van der Waals surface area contributed by atoms with E-state index in [1.807, 2.05) is 30.3 Å². The summed E-state index contributed by atoms with van der Waals surface area (Å²) in [5, 5.41) is 9.06. The molecule has 24 heavy (non-hydrogen) atoms. The second-order valence-corrected chi connectivity index (χ2v) is 5.92. The molecule has 1 fully saturated rings. The number of halogens is 1. The van der Waals surface area contributed by atoms with Crippen LogP contribution in [0.3, 0.4) is 0 Å². The maximum atomic E-state index is 14.4. The third kappa shape index (κ3) is 3.79. The van der Waals surface area contributed by atoms with Crippen molar-refractivity contribution in [3.63, 3.8) is 0 Å². The van der Waals surface area contributed by atoms with Crippen LogP contribution >= 0.6 is 0 Å². The molecule has 1 aromatic heterocycles. The van der Waals surface area contributed by atoms with Crippen LogP contribution in [0, 0.1) is 5.82 Å². The molecule has 1 aromatic carbocycles. The maximum Gasteiger partial charge on any atom is 0.275 e. The lowest BCUT2D eigenvalue weighted by Gasteiger charge is -2.05. The zero-order chi connectivity index (χ0) is 17.1. The van der Waals surface area contributed by atoms with E-state index in [0.29, 0.717) is 6.42 Å². The topological polar surface area (TPSA) is 76.0 Å². The Morgan fingerprint density at radius 1 is 1.29 bits per heavy atom. The number of rotatable bonds is 6. The van der Waals surface area contributed by atoms with E-state index in [1.165, 1.54) is 11.7 Å². The standard InChI is InChI=1S/C17H19FN4O2/c1-22-16(14(18)15(21-22)17(24)19-12-8-9-12)20-13(23)10-7-11-5-3-2-4-6-11/h2-6,12H,7-10H2,1H3,(H,19,24)(H,20,23). The Labute approximate surface area is 139 Å². The van der Waals surface area contributed by atoms with Gasteiger partial charge in [0.25, 0.3) is 5.91 Å². The van der Waals surface area contributed by atoms with E-state index in [0.717, 1.165) is 18.4 Å². The summed E-state index contributed by atoms with van der Waals surface area (Å²) in [5.74, 6) is -1.76. The first-order valence-corrected chi connectivity index (χ1v) is 7.91. The van der Waals surface area contributed by atoms with Crippen LogP contribution in [0.5, 0.6) is 0 Å². The quantitative estimate of drug-likeness (QED) is 0.851. The Bertz CT molecular complexity index is 753. The minimum atomic E-state index is -0.802. The van der Waals surface area contributed by atoms with Crippen LogP contribution in [0.2, 0.25) is 0 Å². The smallest absolute Gasteiger partial charge is 0.275 e. The van der Waals surface area contributed by atoms with E-state index in [4.69, 9.17) is 0 Å². The van der Waals surface area contributed by atoms with Crippen molar-refractivity contribution in [2.24, 2.45) is 7.05 Å². The molecule has 1 aliphatic rings. The van der Waals surface area contributed by atoms with Crippen molar-refractivity contribution in [2.75, 3.05) is 5.32 Å². The minimum absolute atomic E-state index is 0.0889. The minimum Gasteiger partial charge on any atom is -0.348 e. The fourth-order valence-corrected chi connectivity index (χ4v) is 2.36. The van der Waals surface area contributed by atoms with Crippen molar-refractivity contribution >= 4 is 17.6 Å². The summed E-state index contributed by atoms with van der Waals surface area (Å²) in [6.07, 6.45) is 2.59. The number of benzene rings is 1. The second-order valence-electron chi connectivity index (χ2n) is 5.92. The highest BCUT2D eigenvalue weighted by Gasteiger charge is 2.28. The van der Waals surface area contributed by atoms with Crippen molar-refractivity contribution in [2.45, 2.75) is 31.7 Å². The van der Waals surface area contributed by atoms with Gasteiger partial charge in [-0.3, -0.25) is 9.59 Å². The first kappa shape index (κ1) is 16.2. The Kier molecular flexibility index (Phi) is 4.59. The number of hydrogen-bond acceptors (Lipinski definition) is 3. The molecule has 0 radical (unpaired) electrons. The van der Waals surface area contributed by atoms with Gasteiger partial charge in [0, 0.05) is 19.5 Å². The van der Waals surface area contributed by atoms with Crippen LogP contribution < -0.4 is 10.6 Å². The zero-order valence-corrected chi connectivity index (χ0v) is 13.4. The summed E-state index contributed by atoms with van der Waals surface area (Å²) in [6, 6.07) is 9.68. The molecule has 1 aliphatic carbocycles. The van der Waals surface area contributed by atoms with Crippen molar-refractivity contribution in [1.29, 1.82) is 0 Å². The molecular weight excluding hydrogens is 311 g/mol. The average molecular weight is 330 g/mol. The largest absolute Gasteiger partial charge is 0.348 e. The highest BCUT2D eigenvalue weighted by molar-refractivity contribution is 5.96. The molecular formula is C17H19FN4O2. The monoisotopic (exact) mass is 330 g/mol. The third-order valence-electron chi connectivity index (χ3n) is 3.86. The third-order valence-corrected chi connectivity index (χ3v) is 3.86. The SMILES string of the molecule is Cn1nc(C(=O)NC2CC2)c(F)c1NC(=O)CCc1ccccc1. The number of nitrogens with one attached hydrogen (secondary N) is 2. The molecule has 0 spiro atoms. The zero-order valence-electron chi connectivity index (χ0n) is 13.4. The van der Waals surface area contributed by atoms with Gasteiger partial charge in [-0.1, -0.05) is 30.3 Å². The van der Waals surface area contributed by atoms with Gasteiger partial charge in [-0.25, -0.2) is 9.07 Å². The van der Waals surface area contributed by atoms with Gasteiger partial charge in [-0.2, -0.15) is 5.10 Å². The lowest BCUT2D eigenvalue weighted by atomic mass is 10.1. The van der Waals surface area contributed by atoms with E-state index in [9.17, 15) is 14.0 Å². The number of amides is 2. The first-order valence-electron chi connectivity index (χ1n) is 7.91. The van der Waals surface area contributed by atoms with Crippen molar-refractivity contribution < 1.29 is 14.0 Å². The van der Waals surface area contributed by atoms with Gasteiger partial charge in [0.2, 0.25) is 5.91 Å². The van der Waals surface area contributed by atoms with Gasteiger partial charge in [0.15, 0.2) is 17.3 Å². The average Bonchev–Trinajstić information content (AvgIpc) is 3.35. The normalized spacial score (nSPS) is 13.6. The molecule has 2 amide bonds. The Hall–Kier alpha value is -2.70. The van der Waals surface area contributed by atoms with E-state index < -0.39 is 11.7 Å². The summed E-state index contributed by atoms with van der Waals surface area (Å²) in [5.41, 5.74) is 0.741. The van der Waals surface area contributed by atoms with Crippen molar-refractivity contribution in [3.8, 4) is 0 Å². The molecule has 0 unspecified atom stereocenters. The number of carbonyl (C=O) groups is 2. The fraction of sp³-hybridized carbons (Fsp3) is 0.353. The molecule has 1 saturated carbocycles. The van der Waals surface area contributed by atoms with Gasteiger partial charge < -0.3 is 10.6 Å². The maximum absolute atomic E-state index is 14.4. The summed E-state index contributed by atoms with van der Waals surface area (Å²) in [6.45, 7) is 0. The van der Waals surface area contributed by atoms with Crippen LogP contribution in [0.4, 0.5) is 10.2 Å². The first-order chi connectivity index (χ1) is 11.5. The van der Waals surface area contributed by atoms with Gasteiger partial charge in [-0.05, 0) is 24.8 Å². The molecule has 6 nitrogen and oxygen atoms in total. The summed E-state index contributed by atoms with van der Waals surface area (Å²) >= 11 is 0. The summed E-state index contributed by atoms with van der Waals surface area (Å²) < 4.78 is 15.6. The highest BCUT2D eigenvalue weighted by Crippen LogP contribution is 2.22. The molecule has 3 rings (SSSR count). The number of carbonyl (C=O) groups excluding carboxylic acids is 2. The number of nitrogens with zero attached hydrogens (tertiary/aromatic N) is 2. The molecule has 0 atom stereocenters. The molecule has 7 heteroatoms. The van der Waals surface area contributed by atoms with Crippen LogP contribution in [0.25, 0.3) is 0 Å². The van der Waals surface area contributed by atoms with Gasteiger partial charge in [-0.15, -0.1) is 0 Å². The number of aryl methyl sites for hydroxylation is 2. The van der Waals surface area contributed by atoms with Gasteiger partial charge in [0.05, 0.1) is 0 Å². The lowest BCUT2D eigenvalue weighted by molar-refractivity contribution is -0.116. The number of hydrogen-bond donors (Lipinski definition) is 2. The van der Waals surface area contributed by atoms with Crippen LogP contribution in [-0.2, 0) is 18.3 Å². The van der Waals surface area contributed by atoms with Gasteiger partial charge in [0.1, 0.15) is 0 Å². The Morgan fingerprint density at radius 3 is 2.67 bits per heavy atom. The Morgan fingerprint density at radius 2 is 2.00 bits per heavy atom. The molecule has 0 saturated heterocycles. The lowest BCUT2D eigenvalue weighted by Crippen LogP contribution is -2.26. The number of aromatic nitrogens is 2. The van der Waals surface area contributed by atoms with Crippen LogP contribution in [0.15, 0.2) is 30.3 Å². The molecule has 0 aliphatic heterocycles. The van der Waals surface area contributed by atoms with E-state index in [1.54, 1.807) is 0 Å². The predicted molar refractivity (Wildman–Crippen MR) is 87.0 cm³/mol. The predicted octanol–water partition coefficient (Wildman–Crippen LogP) is 2.02. The Balaban J connectivity index is 1.62. The van der Waals surface area contributed by atoms with Crippen LogP contribution in [-0.4, -0.2) is 27.6 Å². The molecule has 0 bridgehead atoms. The van der Waals surface area contributed by atoms with Crippen molar-refractivity contribution in [3.05, 3.63) is 47.4 Å². The molecule has 1 heterocycles. The van der Waals surface area contributed by atoms with Crippen LogP contribution in [0.1, 0.15) is 35.3 Å². The van der Waals surface area contributed by atoms with E-state index in [-0.39, 0.29) is 29.9 Å². The highest BCUT2D eigenvalue weighted by atomic mass is 19.1. The molecule has 2 aromatic rings. The molecule has 2 N–H and O–H groups in total. The van der Waals surface area contributed by atoms with E-state index in [2.05, 4.69) is 15.7 Å². The fourth-order valence-electron chi connectivity index (χ4n) is 2.36. The van der Waals surface area contributed by atoms with Gasteiger partial charge >= 0.3 is 0 Å². The van der Waals surface area contributed by atoms with E-state index >= 15 is 0 Å². The van der Waals surface area contributed by atoms with Crippen molar-refractivity contribution in [1.82, 2.24) is 15.1 Å². The molecule has 126 valence electrons. The summed E-state index contributed by atoms with van der Waals surface area (Å²) in [4.78, 5) is 24.0. The second kappa shape index (κ2) is 6.82. The number of anilines is 1. The summed E-state index contributed by atoms with van der Waals surface area (Å²) in [7, 11) is 1.49.